The summed E-state index contributed by atoms with van der Waals surface area (Å²) in [6, 6.07) is 6.91. The van der Waals surface area contributed by atoms with Crippen LogP contribution in [0.2, 0.25) is 0 Å². The van der Waals surface area contributed by atoms with E-state index in [1.807, 2.05) is 0 Å². The molecular weight excluding hydrogens is 353 g/mol. The van der Waals surface area contributed by atoms with Crippen LogP contribution in [0.1, 0.15) is 34.1 Å². The Kier molecular flexibility index (Phi) is 4.71. The first-order valence-corrected chi connectivity index (χ1v) is 9.70. The number of carbonyl (C=O) groups excluding carboxylic acids is 1. The SMILES string of the molecule is COC(=O)c1sccc1S(=O)(=O)N1CCCC1c1ccc(F)cc1. The summed E-state index contributed by atoms with van der Waals surface area (Å²) in [6.45, 7) is 0.362. The van der Waals surface area contributed by atoms with E-state index in [0.29, 0.717) is 19.4 Å². The van der Waals surface area contributed by atoms with Crippen LogP contribution in [-0.4, -0.2) is 32.3 Å². The lowest BCUT2D eigenvalue weighted by molar-refractivity contribution is 0.0602. The quantitative estimate of drug-likeness (QED) is 0.777. The van der Waals surface area contributed by atoms with Crippen molar-refractivity contribution in [2.24, 2.45) is 0 Å². The Morgan fingerprint density at radius 3 is 2.67 bits per heavy atom. The van der Waals surface area contributed by atoms with Crippen molar-refractivity contribution in [3.05, 3.63) is 52.0 Å². The number of nitrogens with zero attached hydrogens (tertiary/aromatic N) is 1. The molecule has 1 aromatic carbocycles. The van der Waals surface area contributed by atoms with Gasteiger partial charge in [-0.1, -0.05) is 12.1 Å². The second-order valence-electron chi connectivity index (χ2n) is 5.43. The van der Waals surface area contributed by atoms with Crippen LogP contribution in [0.3, 0.4) is 0 Å². The lowest BCUT2D eigenvalue weighted by Crippen LogP contribution is -2.31. The summed E-state index contributed by atoms with van der Waals surface area (Å²) in [7, 11) is -2.62. The molecule has 0 radical (unpaired) electrons. The van der Waals surface area contributed by atoms with Crippen molar-refractivity contribution in [1.29, 1.82) is 0 Å². The number of thiophene rings is 1. The fraction of sp³-hybridized carbons (Fsp3) is 0.312. The van der Waals surface area contributed by atoms with Gasteiger partial charge >= 0.3 is 5.97 Å². The second kappa shape index (κ2) is 6.62. The van der Waals surface area contributed by atoms with Gasteiger partial charge in [-0.05, 0) is 42.0 Å². The summed E-state index contributed by atoms with van der Waals surface area (Å²) in [5.74, 6) is -1.03. The normalized spacial score (nSPS) is 18.7. The van der Waals surface area contributed by atoms with Gasteiger partial charge in [0.15, 0.2) is 0 Å². The van der Waals surface area contributed by atoms with Gasteiger partial charge in [0.05, 0.1) is 13.2 Å². The maximum Gasteiger partial charge on any atom is 0.349 e. The van der Waals surface area contributed by atoms with Gasteiger partial charge in [0.1, 0.15) is 15.6 Å². The molecule has 0 amide bonds. The molecule has 128 valence electrons. The highest BCUT2D eigenvalue weighted by Crippen LogP contribution is 2.38. The van der Waals surface area contributed by atoms with Crippen molar-refractivity contribution in [2.75, 3.05) is 13.7 Å². The highest BCUT2D eigenvalue weighted by molar-refractivity contribution is 7.89. The first-order valence-electron chi connectivity index (χ1n) is 7.38. The summed E-state index contributed by atoms with van der Waals surface area (Å²) < 4.78 is 45.3. The van der Waals surface area contributed by atoms with E-state index in [0.717, 1.165) is 16.9 Å². The number of sulfonamides is 1. The van der Waals surface area contributed by atoms with Gasteiger partial charge in [-0.2, -0.15) is 4.31 Å². The van der Waals surface area contributed by atoms with E-state index in [-0.39, 0.29) is 21.6 Å². The third-order valence-corrected chi connectivity index (χ3v) is 7.02. The van der Waals surface area contributed by atoms with E-state index in [2.05, 4.69) is 4.74 Å². The molecule has 0 N–H and O–H groups in total. The van der Waals surface area contributed by atoms with Crippen LogP contribution < -0.4 is 0 Å². The average molecular weight is 369 g/mol. The zero-order chi connectivity index (χ0) is 17.3. The summed E-state index contributed by atoms with van der Waals surface area (Å²) >= 11 is 1.04. The predicted octanol–water partition coefficient (Wildman–Crippen LogP) is 3.20. The molecule has 24 heavy (non-hydrogen) atoms. The lowest BCUT2D eigenvalue weighted by Gasteiger charge is -2.24. The predicted molar refractivity (Wildman–Crippen MR) is 87.9 cm³/mol. The largest absolute Gasteiger partial charge is 0.465 e. The van der Waals surface area contributed by atoms with Gasteiger partial charge < -0.3 is 4.74 Å². The molecular formula is C16H16FNO4S2. The van der Waals surface area contributed by atoms with Gasteiger partial charge in [0.2, 0.25) is 10.0 Å². The molecule has 1 fully saturated rings. The Morgan fingerprint density at radius 1 is 1.29 bits per heavy atom. The molecule has 1 saturated heterocycles. The van der Waals surface area contributed by atoms with E-state index < -0.39 is 16.0 Å². The maximum absolute atomic E-state index is 13.1. The molecule has 0 spiro atoms. The highest BCUT2D eigenvalue weighted by atomic mass is 32.2. The smallest absolute Gasteiger partial charge is 0.349 e. The van der Waals surface area contributed by atoms with E-state index in [1.54, 1.807) is 17.5 Å². The average Bonchev–Trinajstić information content (AvgIpc) is 3.24. The van der Waals surface area contributed by atoms with Gasteiger partial charge in [0.25, 0.3) is 0 Å². The van der Waals surface area contributed by atoms with Crippen molar-refractivity contribution < 1.29 is 22.3 Å². The summed E-state index contributed by atoms with van der Waals surface area (Å²) in [4.78, 5) is 11.8. The summed E-state index contributed by atoms with van der Waals surface area (Å²) in [6.07, 6.45) is 1.36. The standard InChI is InChI=1S/C16H16FNO4S2/c1-22-16(19)15-14(8-10-23-15)24(20,21)18-9-2-3-13(18)11-4-6-12(17)7-5-11/h4-8,10,13H,2-3,9H2,1H3. The molecule has 2 heterocycles. The zero-order valence-corrected chi connectivity index (χ0v) is 14.6. The topological polar surface area (TPSA) is 63.7 Å². The molecule has 0 aliphatic carbocycles. The second-order valence-corrected chi connectivity index (χ2v) is 8.21. The lowest BCUT2D eigenvalue weighted by atomic mass is 10.1. The Labute approximate surface area is 143 Å². The minimum atomic E-state index is -3.84. The van der Waals surface area contributed by atoms with Gasteiger partial charge in [0, 0.05) is 6.54 Å². The van der Waals surface area contributed by atoms with Gasteiger partial charge in [-0.15, -0.1) is 11.3 Å². The van der Waals surface area contributed by atoms with Crippen molar-refractivity contribution in [1.82, 2.24) is 4.31 Å². The number of ether oxygens (including phenoxy) is 1. The number of hydrogen-bond acceptors (Lipinski definition) is 5. The molecule has 1 atom stereocenters. The molecule has 1 aliphatic rings. The third kappa shape index (κ3) is 2.97. The van der Waals surface area contributed by atoms with E-state index in [4.69, 9.17) is 0 Å². The first-order chi connectivity index (χ1) is 11.4. The van der Waals surface area contributed by atoms with E-state index in [1.165, 1.54) is 29.6 Å². The van der Waals surface area contributed by atoms with Crippen LogP contribution in [0.4, 0.5) is 4.39 Å². The van der Waals surface area contributed by atoms with Crippen LogP contribution in [-0.2, 0) is 14.8 Å². The maximum atomic E-state index is 13.1. The Hall–Kier alpha value is -1.77. The van der Waals surface area contributed by atoms with E-state index in [9.17, 15) is 17.6 Å². The first kappa shape index (κ1) is 17.1. The van der Waals surface area contributed by atoms with Crippen molar-refractivity contribution >= 4 is 27.3 Å². The number of methoxy groups -OCH3 is 1. The number of halogens is 1. The molecule has 1 aromatic heterocycles. The number of carbonyl (C=O) groups is 1. The fourth-order valence-electron chi connectivity index (χ4n) is 2.91. The number of hydrogen-bond donors (Lipinski definition) is 0. The van der Waals surface area contributed by atoms with Crippen LogP contribution in [0.15, 0.2) is 40.6 Å². The summed E-state index contributed by atoms with van der Waals surface area (Å²) in [5.41, 5.74) is 0.743. The minimum Gasteiger partial charge on any atom is -0.465 e. The monoisotopic (exact) mass is 369 g/mol. The molecule has 5 nitrogen and oxygen atoms in total. The Morgan fingerprint density at radius 2 is 2.00 bits per heavy atom. The van der Waals surface area contributed by atoms with Crippen LogP contribution in [0.5, 0.6) is 0 Å². The fourth-order valence-corrected chi connectivity index (χ4v) is 5.91. The highest BCUT2D eigenvalue weighted by Gasteiger charge is 2.38. The van der Waals surface area contributed by atoms with Crippen molar-refractivity contribution in [3.8, 4) is 0 Å². The molecule has 1 unspecified atom stereocenters. The molecule has 1 aliphatic heterocycles. The Bertz CT molecular complexity index is 845. The van der Waals surface area contributed by atoms with Crippen molar-refractivity contribution in [2.45, 2.75) is 23.8 Å². The minimum absolute atomic E-state index is 0.0339. The zero-order valence-electron chi connectivity index (χ0n) is 12.9. The van der Waals surface area contributed by atoms with Crippen molar-refractivity contribution in [3.63, 3.8) is 0 Å². The summed E-state index contributed by atoms with van der Waals surface area (Å²) in [5, 5.41) is 1.56. The number of rotatable bonds is 4. The van der Waals surface area contributed by atoms with Gasteiger partial charge in [-0.3, -0.25) is 0 Å². The number of esters is 1. The third-order valence-electron chi connectivity index (χ3n) is 4.04. The van der Waals surface area contributed by atoms with Crippen LogP contribution >= 0.6 is 11.3 Å². The van der Waals surface area contributed by atoms with Crippen LogP contribution in [0, 0.1) is 5.82 Å². The molecule has 2 aromatic rings. The molecule has 3 rings (SSSR count). The molecule has 0 bridgehead atoms. The molecule has 8 heteroatoms. The Balaban J connectivity index is 1.98. The molecule has 0 saturated carbocycles. The van der Waals surface area contributed by atoms with Crippen LogP contribution in [0.25, 0.3) is 0 Å². The van der Waals surface area contributed by atoms with E-state index >= 15 is 0 Å². The van der Waals surface area contributed by atoms with Gasteiger partial charge in [-0.25, -0.2) is 17.6 Å². The number of benzene rings is 1.